The average Bonchev–Trinajstić information content (AvgIpc) is 2.82. The number of hydrogen-bond acceptors (Lipinski definition) is 3. The first kappa shape index (κ1) is 11.7. The second-order valence-electron chi connectivity index (χ2n) is 4.70. The maximum atomic E-state index is 12.5. The molecular weight excluding hydrogens is 244 g/mol. The van der Waals surface area contributed by atoms with E-state index >= 15 is 0 Å². The molecule has 1 saturated heterocycles. The highest BCUT2D eigenvalue weighted by Crippen LogP contribution is 2.26. The van der Waals surface area contributed by atoms with Crippen LogP contribution in [-0.4, -0.2) is 36.5 Å². The lowest BCUT2D eigenvalue weighted by Crippen LogP contribution is -2.52. The van der Waals surface area contributed by atoms with Crippen molar-refractivity contribution in [1.82, 2.24) is 10.2 Å². The Morgan fingerprint density at radius 1 is 1.44 bits per heavy atom. The Labute approximate surface area is 110 Å². The van der Waals surface area contributed by atoms with E-state index in [1.807, 2.05) is 23.1 Å². The average molecular weight is 260 g/mol. The van der Waals surface area contributed by atoms with Gasteiger partial charge in [0.05, 0.1) is 4.88 Å². The number of nitrogens with one attached hydrogen (secondary N) is 1. The maximum Gasteiger partial charge on any atom is 0.264 e. The van der Waals surface area contributed by atoms with Crippen LogP contribution in [0.25, 0.3) is 10.1 Å². The lowest BCUT2D eigenvalue weighted by Gasteiger charge is -2.33. The smallest absolute Gasteiger partial charge is 0.264 e. The van der Waals surface area contributed by atoms with Crippen molar-refractivity contribution in [2.24, 2.45) is 0 Å². The molecule has 1 aliphatic heterocycles. The standard InChI is InChI=1S/C14H16N2OS/c1-10-9-15-6-7-16(10)14(17)13-8-11-4-2-3-5-12(11)18-13/h2-5,8,10,15H,6-7,9H2,1H3/t10-/m1/s1. The summed E-state index contributed by atoms with van der Waals surface area (Å²) in [5.74, 6) is 0.171. The van der Waals surface area contributed by atoms with Crippen LogP contribution in [0.1, 0.15) is 16.6 Å². The van der Waals surface area contributed by atoms with Crippen molar-refractivity contribution in [3.8, 4) is 0 Å². The van der Waals surface area contributed by atoms with Gasteiger partial charge in [0.15, 0.2) is 0 Å². The van der Waals surface area contributed by atoms with Crippen LogP contribution in [0.5, 0.6) is 0 Å². The Hall–Kier alpha value is -1.39. The van der Waals surface area contributed by atoms with Gasteiger partial charge in [0.25, 0.3) is 5.91 Å². The van der Waals surface area contributed by atoms with E-state index in [2.05, 4.69) is 24.4 Å². The molecule has 0 saturated carbocycles. The molecule has 3 nitrogen and oxygen atoms in total. The van der Waals surface area contributed by atoms with E-state index in [1.54, 1.807) is 11.3 Å². The van der Waals surface area contributed by atoms with Gasteiger partial charge in [0.2, 0.25) is 0 Å². The fourth-order valence-corrected chi connectivity index (χ4v) is 3.39. The van der Waals surface area contributed by atoms with Gasteiger partial charge in [0.1, 0.15) is 0 Å². The van der Waals surface area contributed by atoms with E-state index in [0.717, 1.165) is 29.9 Å². The Morgan fingerprint density at radius 3 is 3.06 bits per heavy atom. The monoisotopic (exact) mass is 260 g/mol. The molecule has 1 atom stereocenters. The second-order valence-corrected chi connectivity index (χ2v) is 5.78. The summed E-state index contributed by atoms with van der Waals surface area (Å²) < 4.78 is 1.18. The summed E-state index contributed by atoms with van der Waals surface area (Å²) in [5, 5.41) is 4.47. The SMILES string of the molecule is C[C@@H]1CNCCN1C(=O)c1cc2ccccc2s1. The number of fused-ring (bicyclic) bond motifs is 1. The normalized spacial score (nSPS) is 20.3. The number of nitrogens with zero attached hydrogens (tertiary/aromatic N) is 1. The van der Waals surface area contributed by atoms with Gasteiger partial charge in [-0.2, -0.15) is 0 Å². The molecule has 1 aromatic carbocycles. The summed E-state index contributed by atoms with van der Waals surface area (Å²) in [4.78, 5) is 15.3. The molecule has 0 aliphatic carbocycles. The molecule has 1 N–H and O–H groups in total. The zero-order valence-corrected chi connectivity index (χ0v) is 11.2. The van der Waals surface area contributed by atoms with Crippen molar-refractivity contribution in [2.75, 3.05) is 19.6 Å². The van der Waals surface area contributed by atoms with E-state index in [9.17, 15) is 4.79 Å². The van der Waals surface area contributed by atoms with Crippen LogP contribution in [0.15, 0.2) is 30.3 Å². The molecule has 2 heterocycles. The first-order valence-electron chi connectivity index (χ1n) is 6.26. The number of hydrogen-bond donors (Lipinski definition) is 1. The highest BCUT2D eigenvalue weighted by atomic mass is 32.1. The van der Waals surface area contributed by atoms with Crippen molar-refractivity contribution < 1.29 is 4.79 Å². The van der Waals surface area contributed by atoms with Crippen LogP contribution >= 0.6 is 11.3 Å². The van der Waals surface area contributed by atoms with Gasteiger partial charge < -0.3 is 10.2 Å². The quantitative estimate of drug-likeness (QED) is 0.853. The number of piperazine rings is 1. The summed E-state index contributed by atoms with van der Waals surface area (Å²) in [5.41, 5.74) is 0. The van der Waals surface area contributed by atoms with Gasteiger partial charge in [-0.05, 0) is 24.4 Å². The molecule has 0 radical (unpaired) electrons. The Kier molecular flexibility index (Phi) is 3.06. The zero-order chi connectivity index (χ0) is 12.5. The van der Waals surface area contributed by atoms with Gasteiger partial charge in [-0.1, -0.05) is 18.2 Å². The number of benzene rings is 1. The minimum atomic E-state index is 0.171. The predicted octanol–water partition coefficient (Wildman–Crippen LogP) is 2.34. The molecule has 1 fully saturated rings. The number of carbonyl (C=O) groups excluding carboxylic acids is 1. The zero-order valence-electron chi connectivity index (χ0n) is 10.3. The molecule has 0 unspecified atom stereocenters. The van der Waals surface area contributed by atoms with Gasteiger partial charge in [-0.3, -0.25) is 4.79 Å². The first-order chi connectivity index (χ1) is 8.75. The van der Waals surface area contributed by atoms with Crippen LogP contribution in [0.2, 0.25) is 0 Å². The molecule has 18 heavy (non-hydrogen) atoms. The van der Waals surface area contributed by atoms with Gasteiger partial charge in [0, 0.05) is 30.4 Å². The highest BCUT2D eigenvalue weighted by molar-refractivity contribution is 7.20. The molecule has 1 aromatic heterocycles. The molecule has 4 heteroatoms. The molecule has 0 spiro atoms. The van der Waals surface area contributed by atoms with Gasteiger partial charge in [-0.25, -0.2) is 0 Å². The molecular formula is C14H16N2OS. The Balaban J connectivity index is 1.91. The highest BCUT2D eigenvalue weighted by Gasteiger charge is 2.25. The number of carbonyl (C=O) groups is 1. The summed E-state index contributed by atoms with van der Waals surface area (Å²) >= 11 is 1.59. The van der Waals surface area contributed by atoms with E-state index in [-0.39, 0.29) is 11.9 Å². The largest absolute Gasteiger partial charge is 0.333 e. The van der Waals surface area contributed by atoms with Crippen molar-refractivity contribution >= 4 is 27.3 Å². The molecule has 3 rings (SSSR count). The fraction of sp³-hybridized carbons (Fsp3) is 0.357. The predicted molar refractivity (Wildman–Crippen MR) is 75.2 cm³/mol. The van der Waals surface area contributed by atoms with E-state index in [4.69, 9.17) is 0 Å². The topological polar surface area (TPSA) is 32.3 Å². The van der Waals surface area contributed by atoms with Crippen LogP contribution in [0.3, 0.4) is 0 Å². The molecule has 0 bridgehead atoms. The molecule has 1 aliphatic rings. The fourth-order valence-electron chi connectivity index (χ4n) is 2.37. The molecule has 2 aromatic rings. The summed E-state index contributed by atoms with van der Waals surface area (Å²) in [6.45, 7) is 4.67. The van der Waals surface area contributed by atoms with Crippen molar-refractivity contribution in [1.29, 1.82) is 0 Å². The minimum Gasteiger partial charge on any atom is -0.333 e. The van der Waals surface area contributed by atoms with Crippen LogP contribution < -0.4 is 5.32 Å². The summed E-state index contributed by atoms with van der Waals surface area (Å²) in [6.07, 6.45) is 0. The Bertz CT molecular complexity index is 545. The van der Waals surface area contributed by atoms with Crippen molar-refractivity contribution in [2.45, 2.75) is 13.0 Å². The third kappa shape index (κ3) is 2.02. The van der Waals surface area contributed by atoms with Crippen molar-refractivity contribution in [3.05, 3.63) is 35.2 Å². The van der Waals surface area contributed by atoms with Crippen LogP contribution in [-0.2, 0) is 0 Å². The van der Waals surface area contributed by atoms with E-state index in [0.29, 0.717) is 0 Å². The van der Waals surface area contributed by atoms with E-state index in [1.165, 1.54) is 4.70 Å². The maximum absolute atomic E-state index is 12.5. The third-order valence-corrected chi connectivity index (χ3v) is 4.50. The van der Waals surface area contributed by atoms with Crippen LogP contribution in [0.4, 0.5) is 0 Å². The van der Waals surface area contributed by atoms with Crippen molar-refractivity contribution in [3.63, 3.8) is 0 Å². The Morgan fingerprint density at radius 2 is 2.28 bits per heavy atom. The summed E-state index contributed by atoms with van der Waals surface area (Å²) in [6, 6.07) is 10.4. The third-order valence-electron chi connectivity index (χ3n) is 3.40. The molecule has 1 amide bonds. The van der Waals surface area contributed by atoms with Gasteiger partial charge >= 0.3 is 0 Å². The van der Waals surface area contributed by atoms with E-state index < -0.39 is 0 Å². The number of thiophene rings is 1. The van der Waals surface area contributed by atoms with Crippen LogP contribution in [0, 0.1) is 0 Å². The number of amides is 1. The second kappa shape index (κ2) is 4.71. The minimum absolute atomic E-state index is 0.171. The first-order valence-corrected chi connectivity index (χ1v) is 7.07. The van der Waals surface area contributed by atoms with Gasteiger partial charge in [-0.15, -0.1) is 11.3 Å². The lowest BCUT2D eigenvalue weighted by molar-refractivity contribution is 0.0661. The summed E-state index contributed by atoms with van der Waals surface area (Å²) in [7, 11) is 0. The number of rotatable bonds is 1. The molecule has 94 valence electrons. The lowest BCUT2D eigenvalue weighted by atomic mass is 10.2.